The van der Waals surface area contributed by atoms with E-state index in [1.165, 1.54) is 7.11 Å². The van der Waals surface area contributed by atoms with Crippen LogP contribution in [0.5, 0.6) is 0 Å². The first-order valence-electron chi connectivity index (χ1n) is 7.40. The van der Waals surface area contributed by atoms with Crippen molar-refractivity contribution in [1.29, 1.82) is 0 Å². The van der Waals surface area contributed by atoms with Gasteiger partial charge in [0.15, 0.2) is 0 Å². The highest BCUT2D eigenvalue weighted by Crippen LogP contribution is 2.54. The molecule has 0 radical (unpaired) electrons. The van der Waals surface area contributed by atoms with E-state index in [4.69, 9.17) is 9.47 Å². The minimum absolute atomic E-state index is 0.00831. The summed E-state index contributed by atoms with van der Waals surface area (Å²) in [5.41, 5.74) is -0.0673. The van der Waals surface area contributed by atoms with Gasteiger partial charge in [-0.25, -0.2) is 0 Å². The largest absolute Gasteiger partial charge is 0.469 e. The molecule has 2 aliphatic carbocycles. The van der Waals surface area contributed by atoms with Crippen LogP contribution in [-0.4, -0.2) is 30.6 Å². The van der Waals surface area contributed by atoms with Gasteiger partial charge in [-0.1, -0.05) is 0 Å². The molecular formula is C15H22O4. The molecule has 106 valence electrons. The Kier molecular flexibility index (Phi) is 3.37. The lowest BCUT2D eigenvalue weighted by molar-refractivity contribution is -0.146. The van der Waals surface area contributed by atoms with Crippen LogP contribution >= 0.6 is 0 Å². The van der Waals surface area contributed by atoms with Gasteiger partial charge in [0.1, 0.15) is 5.78 Å². The van der Waals surface area contributed by atoms with Crippen LogP contribution in [0.15, 0.2) is 0 Å². The third-order valence-corrected chi connectivity index (χ3v) is 5.11. The highest BCUT2D eigenvalue weighted by atomic mass is 16.6. The van der Waals surface area contributed by atoms with Crippen LogP contribution in [0.2, 0.25) is 0 Å². The van der Waals surface area contributed by atoms with Gasteiger partial charge in [0.05, 0.1) is 24.7 Å². The molecule has 4 heteroatoms. The summed E-state index contributed by atoms with van der Waals surface area (Å²) < 4.78 is 10.8. The molecular weight excluding hydrogens is 244 g/mol. The molecule has 0 spiro atoms. The summed E-state index contributed by atoms with van der Waals surface area (Å²) in [5.74, 6) is 0.915. The van der Waals surface area contributed by atoms with E-state index < -0.39 is 0 Å². The van der Waals surface area contributed by atoms with Gasteiger partial charge in [0.25, 0.3) is 0 Å². The summed E-state index contributed by atoms with van der Waals surface area (Å²) in [6.45, 7) is 0. The van der Waals surface area contributed by atoms with Crippen LogP contribution in [0.25, 0.3) is 0 Å². The van der Waals surface area contributed by atoms with Crippen LogP contribution in [-0.2, 0) is 19.1 Å². The minimum atomic E-state index is -0.0906. The summed E-state index contributed by atoms with van der Waals surface area (Å²) in [7, 11) is 1.46. The summed E-state index contributed by atoms with van der Waals surface area (Å²) in [6, 6.07) is 0. The van der Waals surface area contributed by atoms with E-state index in [1.807, 2.05) is 0 Å². The summed E-state index contributed by atoms with van der Waals surface area (Å²) in [4.78, 5) is 23.0. The fourth-order valence-corrected chi connectivity index (χ4v) is 3.95. The van der Waals surface area contributed by atoms with E-state index in [9.17, 15) is 9.59 Å². The zero-order valence-corrected chi connectivity index (χ0v) is 11.5. The number of carbonyl (C=O) groups is 2. The highest BCUT2D eigenvalue weighted by molar-refractivity contribution is 5.79. The third-order valence-electron chi connectivity index (χ3n) is 5.11. The number of ketones is 1. The maximum absolute atomic E-state index is 11.7. The van der Waals surface area contributed by atoms with Gasteiger partial charge < -0.3 is 9.47 Å². The summed E-state index contributed by atoms with van der Waals surface area (Å²) >= 11 is 0. The van der Waals surface area contributed by atoms with Crippen LogP contribution in [0.3, 0.4) is 0 Å². The lowest BCUT2D eigenvalue weighted by Gasteiger charge is -2.28. The predicted octanol–water partition coefficient (Wildman–Crippen LogP) is 2.25. The Balaban J connectivity index is 1.58. The minimum Gasteiger partial charge on any atom is -0.469 e. The first kappa shape index (κ1) is 13.1. The number of epoxide rings is 1. The maximum Gasteiger partial charge on any atom is 0.308 e. The molecule has 0 aromatic heterocycles. The van der Waals surface area contributed by atoms with Crippen molar-refractivity contribution < 1.29 is 19.1 Å². The Hall–Kier alpha value is -0.900. The first-order chi connectivity index (χ1) is 9.13. The van der Waals surface area contributed by atoms with Gasteiger partial charge in [-0.15, -0.1) is 0 Å². The molecule has 0 amide bonds. The van der Waals surface area contributed by atoms with E-state index >= 15 is 0 Å². The molecule has 0 bridgehead atoms. The Morgan fingerprint density at radius 2 is 2.05 bits per heavy atom. The predicted molar refractivity (Wildman–Crippen MR) is 68.5 cm³/mol. The number of esters is 1. The Morgan fingerprint density at radius 3 is 2.74 bits per heavy atom. The van der Waals surface area contributed by atoms with Gasteiger partial charge in [0.2, 0.25) is 0 Å². The molecule has 3 atom stereocenters. The second-order valence-corrected chi connectivity index (χ2v) is 6.36. The average molecular weight is 266 g/mol. The van der Waals surface area contributed by atoms with E-state index in [0.717, 1.165) is 51.4 Å². The highest BCUT2D eigenvalue weighted by Gasteiger charge is 2.60. The van der Waals surface area contributed by atoms with Crippen LogP contribution in [0, 0.1) is 11.8 Å². The van der Waals surface area contributed by atoms with Gasteiger partial charge in [0, 0.05) is 12.8 Å². The monoisotopic (exact) mass is 266 g/mol. The van der Waals surface area contributed by atoms with Crippen LogP contribution in [0.4, 0.5) is 0 Å². The fourth-order valence-electron chi connectivity index (χ4n) is 3.95. The van der Waals surface area contributed by atoms with Crippen molar-refractivity contribution in [3.63, 3.8) is 0 Å². The number of ether oxygens (including phenoxy) is 2. The normalized spacial score (nSPS) is 38.7. The van der Waals surface area contributed by atoms with Gasteiger partial charge in [-0.2, -0.15) is 0 Å². The number of rotatable bonds is 3. The van der Waals surface area contributed by atoms with Gasteiger partial charge in [-0.05, 0) is 44.4 Å². The molecule has 19 heavy (non-hydrogen) atoms. The van der Waals surface area contributed by atoms with Crippen molar-refractivity contribution in [3.8, 4) is 0 Å². The molecule has 2 saturated carbocycles. The second kappa shape index (κ2) is 4.89. The second-order valence-electron chi connectivity index (χ2n) is 6.36. The summed E-state index contributed by atoms with van der Waals surface area (Å²) in [6.07, 6.45) is 7.52. The van der Waals surface area contributed by atoms with Crippen LogP contribution < -0.4 is 0 Å². The van der Waals surface area contributed by atoms with Crippen molar-refractivity contribution in [3.05, 3.63) is 0 Å². The van der Waals surface area contributed by atoms with Crippen molar-refractivity contribution in [2.45, 2.75) is 63.1 Å². The molecule has 0 N–H and O–H groups in total. The molecule has 3 rings (SSSR count). The standard InChI is InChI=1S/C15H22O4/c1-18-14(17)11-4-7-13-15(9-11,19-13)8-10-2-5-12(16)6-3-10/h10-11,13H,2-9H2,1H3. The quantitative estimate of drug-likeness (QED) is 0.580. The van der Waals surface area contributed by atoms with Gasteiger partial charge in [-0.3, -0.25) is 9.59 Å². The topological polar surface area (TPSA) is 55.9 Å². The lowest BCUT2D eigenvalue weighted by atomic mass is 9.74. The van der Waals surface area contributed by atoms with Crippen molar-refractivity contribution in [1.82, 2.24) is 0 Å². The van der Waals surface area contributed by atoms with Crippen molar-refractivity contribution >= 4 is 11.8 Å². The number of Topliss-reactive ketones (excluding diaryl/α,β-unsaturated/α-hetero) is 1. The van der Waals surface area contributed by atoms with Crippen LogP contribution in [0.1, 0.15) is 51.4 Å². The molecule has 3 aliphatic rings. The number of hydrogen-bond acceptors (Lipinski definition) is 4. The lowest BCUT2D eigenvalue weighted by Crippen LogP contribution is -2.33. The Morgan fingerprint density at radius 1 is 1.32 bits per heavy atom. The van der Waals surface area contributed by atoms with E-state index in [2.05, 4.69) is 0 Å². The zero-order valence-electron chi connectivity index (χ0n) is 11.5. The summed E-state index contributed by atoms with van der Waals surface area (Å²) in [5, 5.41) is 0. The third kappa shape index (κ3) is 2.55. The maximum atomic E-state index is 11.7. The molecule has 1 aliphatic heterocycles. The number of methoxy groups -OCH3 is 1. The molecule has 0 aromatic rings. The Bertz CT molecular complexity index is 382. The average Bonchev–Trinajstić information content (AvgIpc) is 3.13. The fraction of sp³-hybridized carbons (Fsp3) is 0.867. The van der Waals surface area contributed by atoms with E-state index in [-0.39, 0.29) is 17.5 Å². The Labute approximate surface area is 113 Å². The molecule has 3 unspecified atom stereocenters. The smallest absolute Gasteiger partial charge is 0.308 e. The van der Waals surface area contributed by atoms with E-state index in [1.54, 1.807) is 0 Å². The molecule has 3 fully saturated rings. The van der Waals surface area contributed by atoms with Crippen molar-refractivity contribution in [2.24, 2.45) is 11.8 Å². The molecule has 1 heterocycles. The number of fused-ring (bicyclic) bond motifs is 1. The number of carbonyl (C=O) groups excluding carboxylic acids is 2. The molecule has 0 aromatic carbocycles. The first-order valence-corrected chi connectivity index (χ1v) is 7.40. The number of hydrogen-bond donors (Lipinski definition) is 0. The zero-order chi connectivity index (χ0) is 13.5. The SMILES string of the molecule is COC(=O)C1CCC2OC2(CC2CCC(=O)CC2)C1. The van der Waals surface area contributed by atoms with Crippen molar-refractivity contribution in [2.75, 3.05) is 7.11 Å². The molecule has 4 nitrogen and oxygen atoms in total. The van der Waals surface area contributed by atoms with Gasteiger partial charge >= 0.3 is 5.97 Å². The molecule has 1 saturated heterocycles. The van der Waals surface area contributed by atoms with E-state index in [0.29, 0.717) is 17.8 Å².